The quantitative estimate of drug-likeness (QED) is 0.142. The smallest absolute Gasteiger partial charge is 0.399 e. The van der Waals surface area contributed by atoms with Crippen molar-refractivity contribution in [1.82, 2.24) is 8.75 Å². The van der Waals surface area contributed by atoms with E-state index in [9.17, 15) is 9.13 Å². The molecule has 5 rings (SSSR count). The zero-order chi connectivity index (χ0) is 31.5. The van der Waals surface area contributed by atoms with Gasteiger partial charge in [0.05, 0.1) is 17.4 Å². The third kappa shape index (κ3) is 8.88. The van der Waals surface area contributed by atoms with Crippen molar-refractivity contribution in [3.63, 3.8) is 0 Å². The van der Waals surface area contributed by atoms with Gasteiger partial charge in [0.1, 0.15) is 14.3 Å². The SMILES string of the molecule is Brc1cnsc1.CC1(C)OB(c2ccc(N)c(P(C)(C)=O)c2)OC1(C)C.CP(C)(=O)c1cc(-c2cnsc2)ccc1N. The van der Waals surface area contributed by atoms with E-state index >= 15 is 0 Å². The molecule has 8 nitrogen and oxygen atoms in total. The lowest BCUT2D eigenvalue weighted by molar-refractivity contribution is 0.00578. The summed E-state index contributed by atoms with van der Waals surface area (Å²) in [6, 6.07) is 11.1. The van der Waals surface area contributed by atoms with Gasteiger partial charge in [0.25, 0.3) is 0 Å². The Hall–Kier alpha value is -1.78. The predicted molar refractivity (Wildman–Crippen MR) is 187 cm³/mol. The number of nitrogens with two attached hydrogens (primary N) is 2. The lowest BCUT2D eigenvalue weighted by Crippen LogP contribution is -2.41. The van der Waals surface area contributed by atoms with Crippen LogP contribution in [0.4, 0.5) is 11.4 Å². The van der Waals surface area contributed by atoms with Crippen molar-refractivity contribution >= 4 is 87.8 Å². The molecule has 226 valence electrons. The van der Waals surface area contributed by atoms with E-state index in [1.54, 1.807) is 45.1 Å². The molecule has 2 aromatic heterocycles. The summed E-state index contributed by atoms with van der Waals surface area (Å²) in [5.74, 6) is 0. The standard InChI is InChI=1S/C14H23BNO3P.C11H13N2OPS.C3H2BrNS/c1-13(2)14(3,4)19-15(18-13)10-7-8-11(16)12(9-10)20(5,6)17;1-15(2,14)11-5-8(3-4-10(11)12)9-6-13-16-7-9;4-3-1-5-6-2-3/h7-9H,16H2,1-6H3;3-7H,12H2,1-2H3;1-2H. The maximum Gasteiger partial charge on any atom is 0.494 e. The van der Waals surface area contributed by atoms with E-state index in [0.29, 0.717) is 16.7 Å². The molecule has 0 amide bonds. The van der Waals surface area contributed by atoms with Gasteiger partial charge >= 0.3 is 7.12 Å². The Kier molecular flexibility index (Phi) is 11.1. The van der Waals surface area contributed by atoms with Gasteiger partial charge in [0.2, 0.25) is 0 Å². The fourth-order valence-electron chi connectivity index (χ4n) is 3.88. The van der Waals surface area contributed by atoms with Gasteiger partial charge in [-0.25, -0.2) is 4.37 Å². The average molecular weight is 711 g/mol. The van der Waals surface area contributed by atoms with Crippen LogP contribution < -0.4 is 27.5 Å². The normalized spacial score (nSPS) is 15.8. The highest BCUT2D eigenvalue weighted by atomic mass is 79.9. The average Bonchev–Trinajstić information content (AvgIpc) is 3.61. The Morgan fingerprint density at radius 2 is 1.26 bits per heavy atom. The molecule has 4 N–H and O–H groups in total. The Labute approximate surface area is 266 Å². The molecule has 0 bridgehead atoms. The summed E-state index contributed by atoms with van der Waals surface area (Å²) in [7, 11) is -5.20. The van der Waals surface area contributed by atoms with Crippen LogP contribution in [0.5, 0.6) is 0 Å². The van der Waals surface area contributed by atoms with E-state index in [-0.39, 0.29) is 11.2 Å². The second-order valence-corrected chi connectivity index (χ2v) is 20.2. The minimum Gasteiger partial charge on any atom is -0.399 e. The monoisotopic (exact) mass is 710 g/mol. The molecule has 3 heterocycles. The first-order chi connectivity index (χ1) is 19.3. The van der Waals surface area contributed by atoms with Crippen LogP contribution in [0.3, 0.4) is 0 Å². The zero-order valence-corrected chi connectivity index (χ0v) is 30.1. The van der Waals surface area contributed by atoms with Crippen LogP contribution in [0.15, 0.2) is 64.0 Å². The van der Waals surface area contributed by atoms with Crippen molar-refractivity contribution in [3.05, 3.63) is 64.0 Å². The summed E-state index contributed by atoms with van der Waals surface area (Å²) in [6.45, 7) is 14.9. The maximum atomic E-state index is 12.3. The molecule has 1 aliphatic rings. The second kappa shape index (κ2) is 13.5. The molecule has 1 aliphatic heterocycles. The topological polar surface area (TPSA) is 130 Å². The van der Waals surface area contributed by atoms with Crippen molar-refractivity contribution in [2.24, 2.45) is 0 Å². The Balaban J connectivity index is 0.000000195. The van der Waals surface area contributed by atoms with Crippen LogP contribution in [0.2, 0.25) is 0 Å². The maximum absolute atomic E-state index is 12.3. The van der Waals surface area contributed by atoms with E-state index in [2.05, 4.69) is 24.7 Å². The molecule has 0 aliphatic carbocycles. The van der Waals surface area contributed by atoms with Crippen molar-refractivity contribution in [2.45, 2.75) is 38.9 Å². The molecule has 14 heteroatoms. The van der Waals surface area contributed by atoms with E-state index < -0.39 is 21.4 Å². The number of nitrogens with zero attached hydrogens (tertiary/aromatic N) is 2. The summed E-state index contributed by atoms with van der Waals surface area (Å²) in [4.78, 5) is 0. The third-order valence-corrected chi connectivity index (χ3v) is 11.9. The largest absolute Gasteiger partial charge is 0.494 e. The predicted octanol–water partition coefficient (Wildman–Crippen LogP) is 6.36. The van der Waals surface area contributed by atoms with Crippen molar-refractivity contribution in [2.75, 3.05) is 38.1 Å². The van der Waals surface area contributed by atoms with E-state index in [0.717, 1.165) is 26.4 Å². The second-order valence-electron chi connectivity index (χ2n) is 11.6. The van der Waals surface area contributed by atoms with Crippen molar-refractivity contribution in [1.29, 1.82) is 0 Å². The minimum absolute atomic E-state index is 0.388. The number of benzene rings is 2. The summed E-state index contributed by atoms with van der Waals surface area (Å²) < 4.78 is 45.3. The van der Waals surface area contributed by atoms with Gasteiger partial charge in [-0.1, -0.05) is 12.1 Å². The summed E-state index contributed by atoms with van der Waals surface area (Å²) in [5.41, 5.74) is 15.1. The number of nitrogen functional groups attached to an aromatic ring is 2. The van der Waals surface area contributed by atoms with Crippen molar-refractivity contribution < 1.29 is 18.4 Å². The molecule has 1 fully saturated rings. The summed E-state index contributed by atoms with van der Waals surface area (Å²) in [6.07, 6.45) is 3.57. The van der Waals surface area contributed by atoms with Crippen LogP contribution in [-0.2, 0) is 18.4 Å². The summed E-state index contributed by atoms with van der Waals surface area (Å²) >= 11 is 6.07. The number of halogens is 1. The molecule has 0 radical (unpaired) electrons. The highest BCUT2D eigenvalue weighted by molar-refractivity contribution is 9.10. The first-order valence-electron chi connectivity index (χ1n) is 13.0. The number of hydrogen-bond acceptors (Lipinski definition) is 10. The molecule has 42 heavy (non-hydrogen) atoms. The number of anilines is 2. The lowest BCUT2D eigenvalue weighted by atomic mass is 9.79. The van der Waals surface area contributed by atoms with Gasteiger partial charge < -0.3 is 29.9 Å². The van der Waals surface area contributed by atoms with Gasteiger partial charge in [0, 0.05) is 49.0 Å². The van der Waals surface area contributed by atoms with Gasteiger partial charge in [-0.15, -0.1) is 0 Å². The molecular weight excluding hydrogens is 673 g/mol. The van der Waals surface area contributed by atoms with E-state index in [1.165, 1.54) is 23.1 Å². The van der Waals surface area contributed by atoms with Gasteiger partial charge in [-0.05, 0) is 129 Å². The number of hydrogen-bond donors (Lipinski definition) is 2. The van der Waals surface area contributed by atoms with Crippen LogP contribution in [-0.4, -0.2) is 53.7 Å². The molecule has 0 atom stereocenters. The molecule has 0 spiro atoms. The summed E-state index contributed by atoms with van der Waals surface area (Å²) in [5, 5.41) is 5.33. The molecule has 4 aromatic rings. The Morgan fingerprint density at radius 1 is 0.762 bits per heavy atom. The molecule has 0 unspecified atom stereocenters. The van der Waals surface area contributed by atoms with Crippen LogP contribution >= 0.6 is 53.3 Å². The zero-order valence-electron chi connectivity index (χ0n) is 25.1. The van der Waals surface area contributed by atoms with E-state index in [4.69, 9.17) is 20.8 Å². The van der Waals surface area contributed by atoms with Crippen LogP contribution in [0.25, 0.3) is 11.1 Å². The van der Waals surface area contributed by atoms with Gasteiger partial charge in [-0.2, -0.15) is 4.37 Å². The number of aromatic nitrogens is 2. The highest BCUT2D eigenvalue weighted by Crippen LogP contribution is 2.39. The molecule has 1 saturated heterocycles. The highest BCUT2D eigenvalue weighted by Gasteiger charge is 2.51. The van der Waals surface area contributed by atoms with Crippen molar-refractivity contribution in [3.8, 4) is 11.1 Å². The number of rotatable bonds is 4. The van der Waals surface area contributed by atoms with Gasteiger partial charge in [0.15, 0.2) is 0 Å². The molecule has 2 aromatic carbocycles. The lowest BCUT2D eigenvalue weighted by Gasteiger charge is -2.32. The fourth-order valence-corrected chi connectivity index (χ4v) is 7.62. The first-order valence-corrected chi connectivity index (χ1v) is 20.7. The molecule has 0 saturated carbocycles. The van der Waals surface area contributed by atoms with Gasteiger partial charge in [-0.3, -0.25) is 0 Å². The van der Waals surface area contributed by atoms with Crippen LogP contribution in [0.1, 0.15) is 27.7 Å². The molecular formula is C28H38BBrN4O4P2S2. The van der Waals surface area contributed by atoms with Crippen LogP contribution in [0, 0.1) is 0 Å². The third-order valence-electron chi connectivity index (χ3n) is 6.94. The Bertz CT molecular complexity index is 1570. The minimum atomic E-state index is -2.42. The first kappa shape index (κ1) is 34.7. The fraction of sp³-hybridized carbons (Fsp3) is 0.357. The Morgan fingerprint density at radius 3 is 1.69 bits per heavy atom. The van der Waals surface area contributed by atoms with E-state index in [1.807, 2.05) is 68.8 Å².